The van der Waals surface area contributed by atoms with Crippen LogP contribution in [0.5, 0.6) is 5.75 Å². The van der Waals surface area contributed by atoms with E-state index in [2.05, 4.69) is 34.0 Å². The van der Waals surface area contributed by atoms with E-state index in [-0.39, 0.29) is 6.04 Å². The Hall–Kier alpha value is -0.300. The summed E-state index contributed by atoms with van der Waals surface area (Å²) < 4.78 is 6.97. The van der Waals surface area contributed by atoms with Crippen LogP contribution in [0.2, 0.25) is 5.02 Å². The van der Waals surface area contributed by atoms with Crippen molar-refractivity contribution in [3.8, 4) is 5.75 Å². The second-order valence-electron chi connectivity index (χ2n) is 4.65. The summed E-state index contributed by atoms with van der Waals surface area (Å²) in [5.74, 6) is 0.991. The van der Waals surface area contributed by atoms with Crippen molar-refractivity contribution in [3.05, 3.63) is 48.2 Å². The Labute approximate surface area is 135 Å². The second kappa shape index (κ2) is 5.60. The topological polar surface area (TPSA) is 35.2 Å². The van der Waals surface area contributed by atoms with E-state index in [0.717, 1.165) is 35.8 Å². The molecule has 2 aromatic rings. The maximum Gasteiger partial charge on any atom is 0.125 e. The molecule has 5 heteroatoms. The van der Waals surface area contributed by atoms with Gasteiger partial charge in [-0.05, 0) is 69.3 Å². The Bertz CT molecular complexity index is 613. The van der Waals surface area contributed by atoms with Crippen LogP contribution < -0.4 is 10.5 Å². The molecule has 2 heterocycles. The Balaban J connectivity index is 1.87. The fourth-order valence-corrected chi connectivity index (χ4v) is 4.07. The lowest BCUT2D eigenvalue weighted by Crippen LogP contribution is -2.13. The van der Waals surface area contributed by atoms with Crippen LogP contribution in [0.1, 0.15) is 22.7 Å². The van der Waals surface area contributed by atoms with Crippen molar-refractivity contribution >= 4 is 45.5 Å². The summed E-state index contributed by atoms with van der Waals surface area (Å²) in [5, 5.41) is 2.89. The second-order valence-corrected chi connectivity index (χ2v) is 7.89. The van der Waals surface area contributed by atoms with Gasteiger partial charge in [-0.25, -0.2) is 0 Å². The lowest BCUT2D eigenvalue weighted by molar-refractivity contribution is 0.352. The summed E-state index contributed by atoms with van der Waals surface area (Å²) in [4.78, 5) is 0. The molecule has 0 aliphatic carbocycles. The number of ether oxygens (including phenoxy) is 1. The van der Waals surface area contributed by atoms with Crippen LogP contribution in [0.25, 0.3) is 0 Å². The van der Waals surface area contributed by atoms with E-state index in [0.29, 0.717) is 0 Å². The van der Waals surface area contributed by atoms with Crippen molar-refractivity contribution in [2.75, 3.05) is 6.61 Å². The summed E-state index contributed by atoms with van der Waals surface area (Å²) in [6.07, 6.45) is 1.70. The summed E-state index contributed by atoms with van der Waals surface area (Å²) in [6.45, 7) is 0.744. The highest BCUT2D eigenvalue weighted by molar-refractivity contribution is 14.1. The number of rotatable bonds is 3. The Kier molecular flexibility index (Phi) is 4.03. The van der Waals surface area contributed by atoms with E-state index in [1.807, 2.05) is 12.1 Å². The zero-order chi connectivity index (χ0) is 13.4. The van der Waals surface area contributed by atoms with Crippen LogP contribution in [0, 0.1) is 2.88 Å². The molecule has 0 bridgehead atoms. The molecule has 19 heavy (non-hydrogen) atoms. The molecule has 1 aromatic carbocycles. The lowest BCUT2D eigenvalue weighted by Gasteiger charge is -2.13. The van der Waals surface area contributed by atoms with Gasteiger partial charge in [0.1, 0.15) is 5.75 Å². The summed E-state index contributed by atoms with van der Waals surface area (Å²) >= 11 is 10.2. The first kappa shape index (κ1) is 13.7. The molecule has 1 unspecified atom stereocenters. The van der Waals surface area contributed by atoms with Crippen LogP contribution in [-0.2, 0) is 12.8 Å². The van der Waals surface area contributed by atoms with E-state index >= 15 is 0 Å². The number of halogens is 2. The number of benzene rings is 1. The highest BCUT2D eigenvalue weighted by atomic mass is 127. The molecule has 0 amide bonds. The summed E-state index contributed by atoms with van der Waals surface area (Å²) in [7, 11) is 0. The first-order valence-corrected chi connectivity index (χ1v) is 8.41. The highest BCUT2D eigenvalue weighted by Gasteiger charge is 2.20. The minimum Gasteiger partial charge on any atom is -0.493 e. The van der Waals surface area contributed by atoms with Crippen molar-refractivity contribution in [1.82, 2.24) is 0 Å². The molecule has 1 aliphatic rings. The molecule has 1 atom stereocenters. The molecule has 0 fully saturated rings. The molecule has 3 rings (SSSR count). The van der Waals surface area contributed by atoms with E-state index in [9.17, 15) is 0 Å². The quantitative estimate of drug-likeness (QED) is 0.778. The van der Waals surface area contributed by atoms with E-state index in [1.165, 1.54) is 14.0 Å². The van der Waals surface area contributed by atoms with Crippen molar-refractivity contribution in [1.29, 1.82) is 0 Å². The van der Waals surface area contributed by atoms with Gasteiger partial charge in [0.15, 0.2) is 0 Å². The van der Waals surface area contributed by atoms with Crippen LogP contribution in [0.4, 0.5) is 0 Å². The third-order valence-electron chi connectivity index (χ3n) is 3.28. The predicted molar refractivity (Wildman–Crippen MR) is 88.3 cm³/mol. The summed E-state index contributed by atoms with van der Waals surface area (Å²) in [6, 6.07) is 6.10. The molecule has 100 valence electrons. The molecule has 2 N–H and O–H groups in total. The minimum absolute atomic E-state index is 0.00784. The van der Waals surface area contributed by atoms with Gasteiger partial charge in [0.05, 0.1) is 9.49 Å². The van der Waals surface area contributed by atoms with Gasteiger partial charge < -0.3 is 10.5 Å². The number of nitrogens with two attached hydrogens (primary N) is 1. The van der Waals surface area contributed by atoms with Gasteiger partial charge in [-0.1, -0.05) is 11.6 Å². The average Bonchev–Trinajstić information content (AvgIpc) is 2.97. The number of hydrogen-bond donors (Lipinski definition) is 1. The van der Waals surface area contributed by atoms with Gasteiger partial charge in [-0.15, -0.1) is 11.3 Å². The average molecular weight is 406 g/mol. The lowest BCUT2D eigenvalue weighted by atomic mass is 9.99. The molecule has 0 saturated heterocycles. The van der Waals surface area contributed by atoms with Crippen LogP contribution in [0.3, 0.4) is 0 Å². The summed E-state index contributed by atoms with van der Waals surface area (Å²) in [5.41, 5.74) is 9.79. The maximum absolute atomic E-state index is 6.29. The normalized spacial score (nSPS) is 15.1. The van der Waals surface area contributed by atoms with E-state index in [1.54, 1.807) is 11.3 Å². The fourth-order valence-electron chi connectivity index (χ4n) is 2.37. The van der Waals surface area contributed by atoms with Crippen LogP contribution >= 0.6 is 45.5 Å². The Morgan fingerprint density at radius 3 is 3.00 bits per heavy atom. The molecular weight excluding hydrogens is 393 g/mol. The third kappa shape index (κ3) is 2.91. The molecular formula is C14H13ClINOS. The van der Waals surface area contributed by atoms with E-state index in [4.69, 9.17) is 22.1 Å². The standard InChI is InChI=1S/C14H13ClINOS/c15-11-3-8-1-2-18-14(8)9(4-11)5-12(17)10-6-13(16)19-7-10/h3-4,6-7,12H,1-2,5,17H2. The first-order chi connectivity index (χ1) is 9.13. The first-order valence-electron chi connectivity index (χ1n) is 6.07. The van der Waals surface area contributed by atoms with Gasteiger partial charge in [0, 0.05) is 17.5 Å². The molecule has 1 aromatic heterocycles. The van der Waals surface area contributed by atoms with Crippen LogP contribution in [-0.4, -0.2) is 6.61 Å². The van der Waals surface area contributed by atoms with Crippen molar-refractivity contribution in [3.63, 3.8) is 0 Å². The minimum atomic E-state index is -0.00784. The van der Waals surface area contributed by atoms with Gasteiger partial charge in [-0.2, -0.15) is 0 Å². The molecule has 0 radical (unpaired) electrons. The fraction of sp³-hybridized carbons (Fsp3) is 0.286. The molecule has 0 spiro atoms. The molecule has 2 nitrogen and oxygen atoms in total. The van der Waals surface area contributed by atoms with Gasteiger partial charge in [0.2, 0.25) is 0 Å². The van der Waals surface area contributed by atoms with Crippen LogP contribution in [0.15, 0.2) is 23.6 Å². The van der Waals surface area contributed by atoms with Gasteiger partial charge in [0.25, 0.3) is 0 Å². The van der Waals surface area contributed by atoms with E-state index < -0.39 is 0 Å². The largest absolute Gasteiger partial charge is 0.493 e. The number of thiophene rings is 1. The maximum atomic E-state index is 6.29. The van der Waals surface area contributed by atoms with Gasteiger partial charge in [-0.3, -0.25) is 0 Å². The van der Waals surface area contributed by atoms with Crippen molar-refractivity contribution in [2.45, 2.75) is 18.9 Å². The van der Waals surface area contributed by atoms with Crippen molar-refractivity contribution < 1.29 is 4.74 Å². The smallest absolute Gasteiger partial charge is 0.125 e. The van der Waals surface area contributed by atoms with Crippen molar-refractivity contribution in [2.24, 2.45) is 5.73 Å². The third-order valence-corrected chi connectivity index (χ3v) is 5.31. The highest BCUT2D eigenvalue weighted by Crippen LogP contribution is 2.35. The molecule has 0 saturated carbocycles. The van der Waals surface area contributed by atoms with Gasteiger partial charge >= 0.3 is 0 Å². The SMILES string of the molecule is NC(Cc1cc(Cl)cc2c1OCC2)c1csc(I)c1. The molecule has 1 aliphatic heterocycles. The zero-order valence-electron chi connectivity index (χ0n) is 10.2. The number of hydrogen-bond acceptors (Lipinski definition) is 3. The zero-order valence-corrected chi connectivity index (χ0v) is 13.9. The Morgan fingerprint density at radius 1 is 1.42 bits per heavy atom. The number of fused-ring (bicyclic) bond motifs is 1. The Morgan fingerprint density at radius 2 is 2.26 bits per heavy atom. The monoisotopic (exact) mass is 405 g/mol. The predicted octanol–water partition coefficient (Wildman–Crippen LogP) is 4.18.